The minimum absolute atomic E-state index is 0.114. The summed E-state index contributed by atoms with van der Waals surface area (Å²) in [6, 6.07) is 4.04. The summed E-state index contributed by atoms with van der Waals surface area (Å²) in [5.41, 5.74) is -1.19. The molecule has 1 aromatic carbocycles. The minimum atomic E-state index is -4.73. The van der Waals surface area contributed by atoms with Crippen LogP contribution in [0.1, 0.15) is 21.7 Å². The fourth-order valence-corrected chi connectivity index (χ4v) is 2.81. The number of amides is 1. The Hall–Kier alpha value is -2.17. The molecule has 0 saturated heterocycles. The molecule has 0 aliphatic rings. The Morgan fingerprint density at radius 3 is 2.52 bits per heavy atom. The first-order chi connectivity index (χ1) is 11.5. The molecule has 0 bridgehead atoms. The van der Waals surface area contributed by atoms with Gasteiger partial charge in [-0.15, -0.1) is 0 Å². The summed E-state index contributed by atoms with van der Waals surface area (Å²) in [6.07, 6.45) is -4.73. The topological polar surface area (TPSA) is 56.1 Å². The predicted octanol–water partition coefficient (Wildman–Crippen LogP) is 4.36. The van der Waals surface area contributed by atoms with Crippen LogP contribution >= 0.6 is 15.9 Å². The van der Waals surface area contributed by atoms with E-state index in [1.54, 1.807) is 6.92 Å². The number of carbonyl (C=O) groups excluding carboxylic acids is 1. The second-order valence-electron chi connectivity index (χ2n) is 4.96. The molecule has 0 atom stereocenters. The van der Waals surface area contributed by atoms with Gasteiger partial charge in [-0.05, 0) is 40.5 Å². The lowest BCUT2D eigenvalue weighted by atomic mass is 10.2. The monoisotopic (exact) mass is 427 g/mol. The molecule has 0 aliphatic heterocycles. The zero-order chi connectivity index (χ0) is 18.9. The van der Waals surface area contributed by atoms with Gasteiger partial charge in [0.1, 0.15) is 5.75 Å². The maximum absolute atomic E-state index is 12.9. The molecular formula is C14H11BrF5N3O2. The molecule has 0 aliphatic carbocycles. The van der Waals surface area contributed by atoms with Crippen molar-refractivity contribution in [2.24, 2.45) is 7.05 Å². The molecular weight excluding hydrogens is 417 g/mol. The van der Waals surface area contributed by atoms with Gasteiger partial charge >= 0.3 is 12.8 Å². The highest BCUT2D eigenvalue weighted by atomic mass is 79.9. The summed E-state index contributed by atoms with van der Waals surface area (Å²) in [5, 5.41) is 5.77. The first kappa shape index (κ1) is 19.2. The van der Waals surface area contributed by atoms with Gasteiger partial charge in [0, 0.05) is 7.05 Å². The van der Waals surface area contributed by atoms with Crippen LogP contribution in [0, 0.1) is 6.92 Å². The van der Waals surface area contributed by atoms with E-state index in [2.05, 4.69) is 31.1 Å². The molecule has 11 heteroatoms. The van der Waals surface area contributed by atoms with Gasteiger partial charge in [0.05, 0.1) is 10.2 Å². The predicted molar refractivity (Wildman–Crippen MR) is 81.7 cm³/mol. The molecule has 0 saturated carbocycles. The summed E-state index contributed by atoms with van der Waals surface area (Å²) < 4.78 is 67.9. The van der Waals surface area contributed by atoms with Gasteiger partial charge in [-0.3, -0.25) is 9.48 Å². The summed E-state index contributed by atoms with van der Waals surface area (Å²) in [6.45, 7) is -1.49. The van der Waals surface area contributed by atoms with Gasteiger partial charge in [-0.25, -0.2) is 0 Å². The molecule has 136 valence electrons. The molecule has 25 heavy (non-hydrogen) atoms. The third kappa shape index (κ3) is 4.27. The second kappa shape index (κ2) is 6.98. The highest BCUT2D eigenvalue weighted by molar-refractivity contribution is 9.10. The Bertz CT molecular complexity index is 804. The van der Waals surface area contributed by atoms with Crippen LogP contribution in [-0.2, 0) is 13.2 Å². The number of carbonyl (C=O) groups is 1. The van der Waals surface area contributed by atoms with E-state index in [-0.39, 0.29) is 11.4 Å². The number of nitrogens with zero attached hydrogens (tertiary/aromatic N) is 2. The van der Waals surface area contributed by atoms with Crippen molar-refractivity contribution >= 4 is 27.5 Å². The molecule has 2 aromatic rings. The number of aryl methyl sites for hydroxylation is 2. The van der Waals surface area contributed by atoms with E-state index in [9.17, 15) is 26.7 Å². The number of hydrogen-bond acceptors (Lipinski definition) is 3. The molecule has 0 radical (unpaired) electrons. The van der Waals surface area contributed by atoms with Crippen LogP contribution in [0.3, 0.4) is 0 Å². The third-order valence-corrected chi connectivity index (χ3v) is 3.82. The van der Waals surface area contributed by atoms with E-state index in [1.807, 2.05) is 0 Å². The van der Waals surface area contributed by atoms with Gasteiger partial charge in [0.25, 0.3) is 5.91 Å². The molecule has 0 unspecified atom stereocenters. The van der Waals surface area contributed by atoms with Crippen molar-refractivity contribution in [1.29, 1.82) is 0 Å². The highest BCUT2D eigenvalue weighted by Gasteiger charge is 2.39. The van der Waals surface area contributed by atoms with Gasteiger partial charge < -0.3 is 10.1 Å². The fraction of sp³-hybridized carbons (Fsp3) is 0.286. The van der Waals surface area contributed by atoms with Crippen LogP contribution in [0.25, 0.3) is 0 Å². The number of halogens is 6. The maximum atomic E-state index is 12.9. The number of benzene rings is 1. The molecule has 1 heterocycles. The van der Waals surface area contributed by atoms with Crippen LogP contribution in [0.4, 0.5) is 27.6 Å². The van der Waals surface area contributed by atoms with Crippen molar-refractivity contribution in [1.82, 2.24) is 9.78 Å². The second-order valence-corrected chi connectivity index (χ2v) is 5.76. The normalized spacial score (nSPS) is 11.7. The minimum Gasteiger partial charge on any atom is -0.433 e. The van der Waals surface area contributed by atoms with Crippen LogP contribution < -0.4 is 10.1 Å². The summed E-state index contributed by atoms with van der Waals surface area (Å²) in [5.74, 6) is -1.33. The van der Waals surface area contributed by atoms with Gasteiger partial charge in [0.15, 0.2) is 11.4 Å². The van der Waals surface area contributed by atoms with Crippen LogP contribution in [0.5, 0.6) is 5.75 Å². The Morgan fingerprint density at radius 1 is 1.36 bits per heavy atom. The molecule has 0 spiro atoms. The average Bonchev–Trinajstić information content (AvgIpc) is 2.76. The van der Waals surface area contributed by atoms with E-state index < -0.39 is 34.6 Å². The van der Waals surface area contributed by atoms with Crippen molar-refractivity contribution in [3.05, 3.63) is 39.6 Å². The SMILES string of the molecule is Cc1ccc(OC(F)F)c(NC(=O)c2nn(C)c(C(F)(F)F)c2Br)c1. The highest BCUT2D eigenvalue weighted by Crippen LogP contribution is 2.36. The standard InChI is InChI=1S/C14H11BrF5N3O2/c1-6-3-4-8(25-13(16)17)7(5-6)21-12(24)10-9(15)11(14(18,19)20)23(2)22-10/h3-5,13H,1-2H3,(H,21,24). The van der Waals surface area contributed by atoms with Gasteiger partial charge in [-0.1, -0.05) is 6.07 Å². The Balaban J connectivity index is 2.37. The Morgan fingerprint density at radius 2 is 2.00 bits per heavy atom. The Kier molecular flexibility index (Phi) is 5.35. The lowest BCUT2D eigenvalue weighted by Crippen LogP contribution is -2.15. The number of aromatic nitrogens is 2. The maximum Gasteiger partial charge on any atom is 0.434 e. The number of hydrogen-bond donors (Lipinski definition) is 1. The number of anilines is 1. The van der Waals surface area contributed by atoms with E-state index in [0.29, 0.717) is 10.2 Å². The number of nitrogens with one attached hydrogen (secondary N) is 1. The average molecular weight is 428 g/mol. The largest absolute Gasteiger partial charge is 0.434 e. The molecule has 0 fully saturated rings. The van der Waals surface area contributed by atoms with Crippen molar-refractivity contribution < 1.29 is 31.5 Å². The first-order valence-corrected chi connectivity index (χ1v) is 7.46. The lowest BCUT2D eigenvalue weighted by molar-refractivity contribution is -0.144. The van der Waals surface area contributed by atoms with E-state index in [4.69, 9.17) is 0 Å². The van der Waals surface area contributed by atoms with Crippen molar-refractivity contribution in [3.63, 3.8) is 0 Å². The molecule has 1 aromatic heterocycles. The van der Waals surface area contributed by atoms with E-state index in [0.717, 1.165) is 7.05 Å². The van der Waals surface area contributed by atoms with Crippen LogP contribution in [0.15, 0.2) is 22.7 Å². The fourth-order valence-electron chi connectivity index (χ4n) is 2.07. The quantitative estimate of drug-likeness (QED) is 0.737. The number of alkyl halides is 5. The molecule has 2 rings (SSSR count). The van der Waals surface area contributed by atoms with Crippen LogP contribution in [-0.4, -0.2) is 22.3 Å². The van der Waals surface area contributed by atoms with Crippen LogP contribution in [0.2, 0.25) is 0 Å². The third-order valence-electron chi connectivity index (χ3n) is 3.07. The lowest BCUT2D eigenvalue weighted by Gasteiger charge is -2.12. The first-order valence-electron chi connectivity index (χ1n) is 6.67. The summed E-state index contributed by atoms with van der Waals surface area (Å²) >= 11 is 2.71. The summed E-state index contributed by atoms with van der Waals surface area (Å²) in [7, 11) is 1.03. The van der Waals surface area contributed by atoms with Crippen molar-refractivity contribution in [3.8, 4) is 5.75 Å². The van der Waals surface area contributed by atoms with Gasteiger partial charge in [-0.2, -0.15) is 27.1 Å². The summed E-state index contributed by atoms with van der Waals surface area (Å²) in [4.78, 5) is 12.2. The van der Waals surface area contributed by atoms with Gasteiger partial charge in [0.2, 0.25) is 0 Å². The zero-order valence-electron chi connectivity index (χ0n) is 12.8. The molecule has 5 nitrogen and oxygen atoms in total. The van der Waals surface area contributed by atoms with Crippen molar-refractivity contribution in [2.45, 2.75) is 19.7 Å². The molecule has 1 N–H and O–H groups in total. The smallest absolute Gasteiger partial charge is 0.433 e. The Labute approximate surface area is 146 Å². The zero-order valence-corrected chi connectivity index (χ0v) is 14.4. The van der Waals surface area contributed by atoms with E-state index >= 15 is 0 Å². The van der Waals surface area contributed by atoms with E-state index in [1.165, 1.54) is 18.2 Å². The molecule has 1 amide bonds. The number of rotatable bonds is 4. The number of ether oxygens (including phenoxy) is 1. The van der Waals surface area contributed by atoms with Crippen molar-refractivity contribution in [2.75, 3.05) is 5.32 Å².